The minimum Gasteiger partial charge on any atom is -0.461 e. The Balaban J connectivity index is 1.72. The molecule has 1 saturated carbocycles. The lowest BCUT2D eigenvalue weighted by Crippen LogP contribution is -2.58. The van der Waals surface area contributed by atoms with Crippen LogP contribution < -0.4 is 5.32 Å². The van der Waals surface area contributed by atoms with Gasteiger partial charge >= 0.3 is 5.97 Å². The van der Waals surface area contributed by atoms with Gasteiger partial charge in [0, 0.05) is 25.2 Å². The van der Waals surface area contributed by atoms with Gasteiger partial charge < -0.3 is 19.9 Å². The number of esters is 1. The van der Waals surface area contributed by atoms with E-state index in [1.165, 1.54) is 0 Å². The summed E-state index contributed by atoms with van der Waals surface area (Å²) in [5.41, 5.74) is 0.508. The highest BCUT2D eigenvalue weighted by Gasteiger charge is 2.39. The van der Waals surface area contributed by atoms with Gasteiger partial charge in [-0.15, -0.1) is 0 Å². The Labute approximate surface area is 253 Å². The van der Waals surface area contributed by atoms with Crippen molar-refractivity contribution in [1.29, 1.82) is 0 Å². The van der Waals surface area contributed by atoms with E-state index in [1.54, 1.807) is 23.8 Å². The van der Waals surface area contributed by atoms with Crippen LogP contribution in [0.2, 0.25) is 0 Å². The number of likely N-dealkylation sites (N-methyl/N-ethyl adjacent to an activating group) is 1. The van der Waals surface area contributed by atoms with Crippen LogP contribution in [0.1, 0.15) is 106 Å². The summed E-state index contributed by atoms with van der Waals surface area (Å²) < 4.78 is 5.75. The van der Waals surface area contributed by atoms with Crippen LogP contribution in [0, 0.1) is 11.8 Å². The predicted molar refractivity (Wildman–Crippen MR) is 164 cm³/mol. The van der Waals surface area contributed by atoms with E-state index in [4.69, 9.17) is 4.74 Å². The van der Waals surface area contributed by atoms with Crippen LogP contribution in [-0.4, -0.2) is 94.8 Å². The molecule has 2 heterocycles. The minimum atomic E-state index is -0.669. The van der Waals surface area contributed by atoms with Crippen LogP contribution in [0.4, 0.5) is 0 Å². The number of nitrogens with zero attached hydrogens (tertiary/aromatic N) is 3. The third-order valence-electron chi connectivity index (χ3n) is 9.35. The van der Waals surface area contributed by atoms with Crippen LogP contribution in [0.15, 0.2) is 11.6 Å². The van der Waals surface area contributed by atoms with Gasteiger partial charge in [-0.05, 0) is 90.5 Å². The molecule has 3 fully saturated rings. The molecule has 3 aliphatic rings. The van der Waals surface area contributed by atoms with Gasteiger partial charge in [0.25, 0.3) is 0 Å². The molecule has 0 aromatic carbocycles. The van der Waals surface area contributed by atoms with Crippen molar-refractivity contribution in [3.63, 3.8) is 0 Å². The molecular weight excluding hydrogens is 532 g/mol. The van der Waals surface area contributed by atoms with Crippen molar-refractivity contribution < 1.29 is 23.9 Å². The Morgan fingerprint density at radius 3 is 2.05 bits per heavy atom. The van der Waals surface area contributed by atoms with Crippen LogP contribution in [0.25, 0.3) is 0 Å². The third kappa shape index (κ3) is 8.35. The zero-order valence-electron chi connectivity index (χ0n) is 27.4. The van der Waals surface area contributed by atoms with Crippen molar-refractivity contribution in [2.24, 2.45) is 11.8 Å². The van der Waals surface area contributed by atoms with Gasteiger partial charge in [0.15, 0.2) is 0 Å². The molecule has 0 aromatic heterocycles. The van der Waals surface area contributed by atoms with Gasteiger partial charge in [0.05, 0.1) is 12.1 Å². The number of rotatable bonds is 11. The lowest BCUT2D eigenvalue weighted by atomic mass is 9.95. The highest BCUT2D eigenvalue weighted by molar-refractivity contribution is 5.96. The summed E-state index contributed by atoms with van der Waals surface area (Å²) >= 11 is 0. The number of amides is 3. The normalized spacial score (nSPS) is 23.9. The van der Waals surface area contributed by atoms with Crippen LogP contribution in [0.3, 0.4) is 0 Å². The maximum Gasteiger partial charge on any atom is 0.329 e. The number of likely N-dealkylation sites (tertiary alicyclic amines) is 2. The molecule has 0 unspecified atom stereocenters. The topological polar surface area (TPSA) is 99.3 Å². The Bertz CT molecular complexity index is 987. The van der Waals surface area contributed by atoms with E-state index in [1.807, 2.05) is 33.8 Å². The van der Waals surface area contributed by atoms with E-state index < -0.39 is 12.1 Å². The van der Waals surface area contributed by atoms with E-state index in [9.17, 15) is 19.2 Å². The van der Waals surface area contributed by atoms with Crippen LogP contribution in [0.5, 0.6) is 0 Å². The molecule has 2 aliphatic heterocycles. The molecule has 0 bridgehead atoms. The molecule has 9 nitrogen and oxygen atoms in total. The highest BCUT2D eigenvalue weighted by atomic mass is 16.5. The number of piperidine rings is 1. The summed E-state index contributed by atoms with van der Waals surface area (Å²) in [4.78, 5) is 59.4. The average molecular weight is 589 g/mol. The van der Waals surface area contributed by atoms with Crippen molar-refractivity contribution in [3.05, 3.63) is 11.6 Å². The average Bonchev–Trinajstić information content (AvgIpc) is 3.65. The van der Waals surface area contributed by atoms with Crippen molar-refractivity contribution >= 4 is 23.7 Å². The number of carbonyl (C=O) groups excluding carboxylic acids is 4. The van der Waals surface area contributed by atoms with Crippen LogP contribution in [-0.2, 0) is 23.9 Å². The summed E-state index contributed by atoms with van der Waals surface area (Å²) in [6, 6.07) is -1.55. The van der Waals surface area contributed by atoms with Crippen molar-refractivity contribution in [2.45, 2.75) is 143 Å². The lowest BCUT2D eigenvalue weighted by molar-refractivity contribution is -0.157. The Morgan fingerprint density at radius 1 is 0.833 bits per heavy atom. The third-order valence-corrected chi connectivity index (χ3v) is 9.35. The number of ether oxygens (including phenoxy) is 1. The van der Waals surface area contributed by atoms with E-state index >= 15 is 0 Å². The van der Waals surface area contributed by atoms with E-state index in [0.717, 1.165) is 57.9 Å². The molecule has 1 N–H and O–H groups in total. The molecule has 9 heteroatoms. The van der Waals surface area contributed by atoms with Gasteiger partial charge in [0.2, 0.25) is 17.7 Å². The molecule has 238 valence electrons. The van der Waals surface area contributed by atoms with Crippen molar-refractivity contribution in [1.82, 2.24) is 20.0 Å². The number of nitrogens with one attached hydrogen (secondary N) is 1. The van der Waals surface area contributed by atoms with Gasteiger partial charge in [-0.2, -0.15) is 0 Å². The fourth-order valence-corrected chi connectivity index (χ4v) is 6.79. The molecule has 3 rings (SSSR count). The lowest BCUT2D eigenvalue weighted by Gasteiger charge is -2.39. The number of hydrogen-bond donors (Lipinski definition) is 1. The summed E-state index contributed by atoms with van der Waals surface area (Å²) in [6.07, 6.45) is 10.0. The van der Waals surface area contributed by atoms with Gasteiger partial charge in [-0.25, -0.2) is 4.79 Å². The zero-order chi connectivity index (χ0) is 31.1. The second-order valence-corrected chi connectivity index (χ2v) is 13.6. The summed E-state index contributed by atoms with van der Waals surface area (Å²) in [5.74, 6) is -0.807. The molecule has 0 aromatic rings. The molecule has 0 spiro atoms. The largest absolute Gasteiger partial charge is 0.461 e. The fraction of sp³-hybridized carbons (Fsp3) is 0.818. The zero-order valence-corrected chi connectivity index (χ0v) is 27.4. The molecule has 42 heavy (non-hydrogen) atoms. The van der Waals surface area contributed by atoms with Gasteiger partial charge in [-0.1, -0.05) is 40.2 Å². The summed E-state index contributed by atoms with van der Waals surface area (Å²) in [5, 5.41) is 3.10. The van der Waals surface area contributed by atoms with Crippen molar-refractivity contribution in [3.8, 4) is 0 Å². The first-order chi connectivity index (χ1) is 19.8. The monoisotopic (exact) mass is 588 g/mol. The number of hydrogen-bond acceptors (Lipinski definition) is 6. The number of carbonyl (C=O) groups is 4. The molecular formula is C33H56N4O5. The first-order valence-corrected chi connectivity index (χ1v) is 16.4. The van der Waals surface area contributed by atoms with E-state index in [0.29, 0.717) is 18.5 Å². The minimum absolute atomic E-state index is 0.0293. The second kappa shape index (κ2) is 15.3. The molecule has 3 amide bonds. The predicted octanol–water partition coefficient (Wildman–Crippen LogP) is 4.30. The summed E-state index contributed by atoms with van der Waals surface area (Å²) in [6.45, 7) is 15.3. The Hall–Kier alpha value is -2.42. The summed E-state index contributed by atoms with van der Waals surface area (Å²) in [7, 11) is 1.75. The first kappa shape index (κ1) is 34.1. The van der Waals surface area contributed by atoms with E-state index in [2.05, 4.69) is 24.1 Å². The molecule has 0 radical (unpaired) electrons. The Morgan fingerprint density at radius 2 is 1.45 bits per heavy atom. The van der Waals surface area contributed by atoms with Gasteiger partial charge in [0.1, 0.15) is 18.2 Å². The SMILES string of the molecule is C/C(=C\[C@H](C(C)C)N(C)C(=O)[C@@H](NC(=O)[C@H]1CCCCN1C(C)C)C(C)C)C(=O)N1CCC[C@H]1C(=O)OC1CCCC1. The van der Waals surface area contributed by atoms with Crippen LogP contribution >= 0.6 is 0 Å². The van der Waals surface area contributed by atoms with Crippen molar-refractivity contribution in [2.75, 3.05) is 20.1 Å². The maximum atomic E-state index is 13.9. The first-order valence-electron chi connectivity index (χ1n) is 16.4. The smallest absolute Gasteiger partial charge is 0.329 e. The van der Waals surface area contributed by atoms with Gasteiger partial charge in [-0.3, -0.25) is 19.3 Å². The maximum absolute atomic E-state index is 13.9. The molecule has 4 atom stereocenters. The quantitative estimate of drug-likeness (QED) is 0.286. The molecule has 1 aliphatic carbocycles. The Kier molecular flexibility index (Phi) is 12.5. The fourth-order valence-electron chi connectivity index (χ4n) is 6.79. The second-order valence-electron chi connectivity index (χ2n) is 13.6. The van der Waals surface area contributed by atoms with E-state index in [-0.39, 0.29) is 59.8 Å². The molecule has 2 saturated heterocycles. The highest BCUT2D eigenvalue weighted by Crippen LogP contribution is 2.27. The standard InChI is InChI=1S/C33H56N4O5/c1-21(2)28(20-24(7)31(39)37-19-13-17-27(37)33(41)42-25-14-9-10-15-25)35(8)32(40)29(22(3)4)34-30(38)26-16-11-12-18-36(26)23(5)6/h20-23,25-29H,9-19H2,1-8H3,(H,34,38)/b24-20+/t26-,27+,28-,29+/m1/s1.